The summed E-state index contributed by atoms with van der Waals surface area (Å²) < 4.78 is 40.8. The Morgan fingerprint density at radius 1 is 1.03 bits per heavy atom. The number of benzene rings is 3. The molecule has 3 aromatic rings. The molecule has 1 atom stereocenters. The SMILES string of the molecule is O=C(c1ccc(Cl)c(NS(=O)(=O)c2ccc(F)cc2)c1)N1CCC(Nc2ccccc2)C1. The second-order valence-corrected chi connectivity index (χ2v) is 9.59. The highest BCUT2D eigenvalue weighted by molar-refractivity contribution is 7.92. The molecule has 1 aliphatic rings. The quantitative estimate of drug-likeness (QED) is 0.548. The molecule has 1 heterocycles. The van der Waals surface area contributed by atoms with E-state index in [0.29, 0.717) is 18.7 Å². The summed E-state index contributed by atoms with van der Waals surface area (Å²) in [5.74, 6) is -0.749. The molecule has 3 aromatic carbocycles. The molecule has 0 aliphatic carbocycles. The monoisotopic (exact) mass is 473 g/mol. The van der Waals surface area contributed by atoms with Crippen molar-refractivity contribution in [2.75, 3.05) is 23.1 Å². The fourth-order valence-electron chi connectivity index (χ4n) is 3.57. The number of sulfonamides is 1. The van der Waals surface area contributed by atoms with Crippen LogP contribution in [0.4, 0.5) is 15.8 Å². The highest BCUT2D eigenvalue weighted by atomic mass is 35.5. The van der Waals surface area contributed by atoms with Crippen molar-refractivity contribution >= 4 is 38.9 Å². The van der Waals surface area contributed by atoms with Crippen LogP contribution in [0.5, 0.6) is 0 Å². The largest absolute Gasteiger partial charge is 0.380 e. The molecule has 0 saturated carbocycles. The van der Waals surface area contributed by atoms with E-state index in [9.17, 15) is 17.6 Å². The molecular formula is C23H21ClFN3O3S. The molecule has 6 nitrogen and oxygen atoms in total. The van der Waals surface area contributed by atoms with E-state index in [0.717, 1.165) is 36.4 Å². The Balaban J connectivity index is 1.47. The number of nitrogens with one attached hydrogen (secondary N) is 2. The number of hydrogen-bond donors (Lipinski definition) is 2. The Labute approximate surface area is 191 Å². The molecule has 0 spiro atoms. The van der Waals surface area contributed by atoms with Crippen molar-refractivity contribution < 1.29 is 17.6 Å². The van der Waals surface area contributed by atoms with Crippen molar-refractivity contribution in [2.45, 2.75) is 17.4 Å². The summed E-state index contributed by atoms with van der Waals surface area (Å²) in [6.07, 6.45) is 0.804. The second kappa shape index (κ2) is 9.18. The van der Waals surface area contributed by atoms with E-state index in [-0.39, 0.29) is 27.6 Å². The maximum absolute atomic E-state index is 13.1. The summed E-state index contributed by atoms with van der Waals surface area (Å²) in [6, 6.07) is 18.8. The Morgan fingerprint density at radius 3 is 2.47 bits per heavy atom. The molecular weight excluding hydrogens is 453 g/mol. The van der Waals surface area contributed by atoms with Crippen LogP contribution in [0, 0.1) is 5.82 Å². The lowest BCUT2D eigenvalue weighted by Crippen LogP contribution is -2.31. The Kier molecular flexibility index (Phi) is 6.34. The lowest BCUT2D eigenvalue weighted by atomic mass is 10.2. The first kappa shape index (κ1) is 22.1. The normalized spacial score (nSPS) is 16.1. The van der Waals surface area contributed by atoms with Gasteiger partial charge in [-0.3, -0.25) is 9.52 Å². The fourth-order valence-corrected chi connectivity index (χ4v) is 4.86. The van der Waals surface area contributed by atoms with Gasteiger partial charge in [0.1, 0.15) is 5.82 Å². The van der Waals surface area contributed by atoms with Crippen LogP contribution in [-0.2, 0) is 10.0 Å². The van der Waals surface area contributed by atoms with Crippen LogP contribution in [-0.4, -0.2) is 38.4 Å². The van der Waals surface area contributed by atoms with Crippen LogP contribution in [0.25, 0.3) is 0 Å². The van der Waals surface area contributed by atoms with Crippen molar-refractivity contribution in [1.29, 1.82) is 0 Å². The number of halogens is 2. The highest BCUT2D eigenvalue weighted by Crippen LogP contribution is 2.27. The Bertz CT molecular complexity index is 1220. The maximum Gasteiger partial charge on any atom is 0.261 e. The molecule has 4 rings (SSSR count). The number of carbonyl (C=O) groups excluding carboxylic acids is 1. The van der Waals surface area contributed by atoms with Crippen LogP contribution < -0.4 is 10.0 Å². The van der Waals surface area contributed by atoms with E-state index in [1.165, 1.54) is 12.1 Å². The zero-order valence-corrected chi connectivity index (χ0v) is 18.5. The third kappa shape index (κ3) is 5.03. The predicted octanol–water partition coefficient (Wildman–Crippen LogP) is 4.61. The summed E-state index contributed by atoms with van der Waals surface area (Å²) in [6.45, 7) is 1.12. The highest BCUT2D eigenvalue weighted by Gasteiger charge is 2.27. The van der Waals surface area contributed by atoms with Gasteiger partial charge in [-0.05, 0) is 61.0 Å². The van der Waals surface area contributed by atoms with Crippen LogP contribution in [0.1, 0.15) is 16.8 Å². The fraction of sp³-hybridized carbons (Fsp3) is 0.174. The molecule has 9 heteroatoms. The van der Waals surface area contributed by atoms with Crippen molar-refractivity contribution in [1.82, 2.24) is 4.90 Å². The van der Waals surface area contributed by atoms with Gasteiger partial charge >= 0.3 is 0 Å². The van der Waals surface area contributed by atoms with Gasteiger partial charge in [0.25, 0.3) is 15.9 Å². The van der Waals surface area contributed by atoms with E-state index in [1.807, 2.05) is 30.3 Å². The molecule has 1 fully saturated rings. The molecule has 1 amide bonds. The minimum atomic E-state index is -3.99. The number of hydrogen-bond acceptors (Lipinski definition) is 4. The number of anilines is 2. The molecule has 0 aromatic heterocycles. The smallest absolute Gasteiger partial charge is 0.261 e. The summed E-state index contributed by atoms with van der Waals surface area (Å²) in [5, 5.41) is 3.57. The average molecular weight is 474 g/mol. The van der Waals surface area contributed by atoms with Crippen molar-refractivity contribution in [2.24, 2.45) is 0 Å². The van der Waals surface area contributed by atoms with Crippen molar-refractivity contribution in [3.63, 3.8) is 0 Å². The van der Waals surface area contributed by atoms with Crippen LogP contribution >= 0.6 is 11.6 Å². The van der Waals surface area contributed by atoms with Crippen molar-refractivity contribution in [3.8, 4) is 0 Å². The molecule has 0 radical (unpaired) electrons. The van der Waals surface area contributed by atoms with Gasteiger partial charge in [-0.15, -0.1) is 0 Å². The lowest BCUT2D eigenvalue weighted by Gasteiger charge is -2.19. The molecule has 0 bridgehead atoms. The van der Waals surface area contributed by atoms with E-state index in [4.69, 9.17) is 11.6 Å². The molecule has 1 unspecified atom stereocenters. The maximum atomic E-state index is 13.1. The van der Waals surface area contributed by atoms with Gasteiger partial charge in [0.2, 0.25) is 0 Å². The van der Waals surface area contributed by atoms with Crippen LogP contribution in [0.2, 0.25) is 5.02 Å². The molecule has 1 aliphatic heterocycles. The number of likely N-dealkylation sites (tertiary alicyclic amines) is 1. The average Bonchev–Trinajstić information content (AvgIpc) is 3.24. The topological polar surface area (TPSA) is 78.5 Å². The first-order chi connectivity index (χ1) is 15.3. The summed E-state index contributed by atoms with van der Waals surface area (Å²) in [5.41, 5.74) is 1.40. The Hall–Kier alpha value is -3.10. The second-order valence-electron chi connectivity index (χ2n) is 7.50. The number of amides is 1. The predicted molar refractivity (Wildman–Crippen MR) is 123 cm³/mol. The van der Waals surface area contributed by atoms with Gasteiger partial charge in [0.15, 0.2) is 0 Å². The van der Waals surface area contributed by atoms with Gasteiger partial charge < -0.3 is 10.2 Å². The zero-order chi connectivity index (χ0) is 22.7. The molecule has 1 saturated heterocycles. The molecule has 32 heavy (non-hydrogen) atoms. The number of para-hydroxylation sites is 1. The summed E-state index contributed by atoms with van der Waals surface area (Å²) in [7, 11) is -3.99. The lowest BCUT2D eigenvalue weighted by molar-refractivity contribution is 0.0791. The standard InChI is InChI=1S/C23H21ClFN3O3S/c24-21-11-6-16(14-22(21)27-32(30,31)20-9-7-17(25)8-10-20)23(29)28-13-12-19(15-28)26-18-4-2-1-3-5-18/h1-11,14,19,26-27H,12-13,15H2. The third-order valence-electron chi connectivity index (χ3n) is 5.20. The third-order valence-corrected chi connectivity index (χ3v) is 6.91. The van der Waals surface area contributed by atoms with Crippen LogP contribution in [0.3, 0.4) is 0 Å². The van der Waals surface area contributed by atoms with Gasteiger partial charge in [0, 0.05) is 30.4 Å². The number of nitrogens with zero attached hydrogens (tertiary/aromatic N) is 1. The first-order valence-electron chi connectivity index (χ1n) is 10.0. The van der Waals surface area contributed by atoms with Gasteiger partial charge in [0.05, 0.1) is 15.6 Å². The Morgan fingerprint density at radius 2 is 1.75 bits per heavy atom. The van der Waals surface area contributed by atoms with E-state index in [1.54, 1.807) is 11.0 Å². The van der Waals surface area contributed by atoms with Crippen LogP contribution in [0.15, 0.2) is 77.7 Å². The number of carbonyl (C=O) groups is 1. The summed E-state index contributed by atoms with van der Waals surface area (Å²) in [4.78, 5) is 14.6. The molecule has 166 valence electrons. The van der Waals surface area contributed by atoms with Gasteiger partial charge in [-0.25, -0.2) is 12.8 Å². The van der Waals surface area contributed by atoms with E-state index in [2.05, 4.69) is 10.0 Å². The molecule has 2 N–H and O–H groups in total. The summed E-state index contributed by atoms with van der Waals surface area (Å²) >= 11 is 6.17. The van der Waals surface area contributed by atoms with Gasteiger partial charge in [-0.2, -0.15) is 0 Å². The van der Waals surface area contributed by atoms with E-state index >= 15 is 0 Å². The first-order valence-corrected chi connectivity index (χ1v) is 11.9. The number of rotatable bonds is 6. The minimum Gasteiger partial charge on any atom is -0.380 e. The minimum absolute atomic E-state index is 0.0833. The van der Waals surface area contributed by atoms with E-state index < -0.39 is 15.8 Å². The van der Waals surface area contributed by atoms with Gasteiger partial charge in [-0.1, -0.05) is 29.8 Å². The van der Waals surface area contributed by atoms with Crippen molar-refractivity contribution in [3.05, 3.63) is 89.2 Å². The zero-order valence-electron chi connectivity index (χ0n) is 17.0.